The summed E-state index contributed by atoms with van der Waals surface area (Å²) in [6, 6.07) is 5.48. The predicted molar refractivity (Wildman–Crippen MR) is 78.5 cm³/mol. The van der Waals surface area contributed by atoms with Crippen LogP contribution in [0.5, 0.6) is 0 Å². The molecule has 1 aliphatic rings. The van der Waals surface area contributed by atoms with E-state index in [1.54, 1.807) is 6.07 Å². The molecule has 0 saturated heterocycles. The van der Waals surface area contributed by atoms with Crippen LogP contribution in [0.25, 0.3) is 0 Å². The molecule has 1 aliphatic carbocycles. The molecule has 4 nitrogen and oxygen atoms in total. The van der Waals surface area contributed by atoms with Crippen molar-refractivity contribution in [1.29, 1.82) is 0 Å². The van der Waals surface area contributed by atoms with Gasteiger partial charge in [0.1, 0.15) is 11.4 Å². The molecule has 2 N–H and O–H groups in total. The Morgan fingerprint density at radius 3 is 2.86 bits per heavy atom. The summed E-state index contributed by atoms with van der Waals surface area (Å²) >= 11 is 5.66. The smallest absolute Gasteiger partial charge is 0.261 e. The lowest BCUT2D eigenvalue weighted by Crippen LogP contribution is -2.24. The molecule has 2 aromatic rings. The molecule has 0 atom stereocenters. The van der Waals surface area contributed by atoms with Gasteiger partial charge in [0, 0.05) is 11.4 Å². The topological polar surface area (TPSA) is 62.0 Å². The van der Waals surface area contributed by atoms with Crippen molar-refractivity contribution in [3.05, 3.63) is 62.3 Å². The molecule has 1 aromatic heterocycles. The Balaban J connectivity index is 1.89. The van der Waals surface area contributed by atoms with E-state index in [2.05, 4.69) is 10.3 Å². The summed E-state index contributed by atoms with van der Waals surface area (Å²) in [7, 11) is 0. The molecule has 21 heavy (non-hydrogen) atoms. The maximum absolute atomic E-state index is 13.1. The van der Waals surface area contributed by atoms with Crippen LogP contribution in [-0.2, 0) is 12.8 Å². The minimum atomic E-state index is -0.565. The molecular weight excluding hydrogens is 295 g/mol. The first-order valence-electron chi connectivity index (χ1n) is 6.56. The highest BCUT2D eigenvalue weighted by atomic mass is 35.5. The molecule has 1 aromatic carbocycles. The number of hydrogen-bond acceptors (Lipinski definition) is 2. The second-order valence-electron chi connectivity index (χ2n) is 4.95. The highest BCUT2D eigenvalue weighted by Crippen LogP contribution is 2.21. The molecule has 6 heteroatoms. The molecule has 0 fully saturated rings. The number of anilines is 1. The van der Waals surface area contributed by atoms with Crippen LogP contribution in [0.1, 0.15) is 28.0 Å². The van der Waals surface area contributed by atoms with E-state index in [-0.39, 0.29) is 10.6 Å². The number of hydrogen-bond donors (Lipinski definition) is 2. The van der Waals surface area contributed by atoms with E-state index in [1.165, 1.54) is 12.1 Å². The lowest BCUT2D eigenvalue weighted by molar-refractivity contribution is 0.102. The predicted octanol–water partition coefficient (Wildman–Crippen LogP) is 2.91. The second-order valence-corrected chi connectivity index (χ2v) is 5.36. The van der Waals surface area contributed by atoms with Gasteiger partial charge in [-0.3, -0.25) is 9.59 Å². The van der Waals surface area contributed by atoms with Crippen molar-refractivity contribution in [1.82, 2.24) is 4.98 Å². The molecule has 3 rings (SSSR count). The molecule has 0 unspecified atom stereocenters. The summed E-state index contributed by atoms with van der Waals surface area (Å²) in [5, 5.41) is 2.46. The van der Waals surface area contributed by atoms with Crippen LogP contribution in [0.2, 0.25) is 5.02 Å². The van der Waals surface area contributed by atoms with Gasteiger partial charge in [0.15, 0.2) is 0 Å². The van der Waals surface area contributed by atoms with Crippen LogP contribution in [0.3, 0.4) is 0 Å². The zero-order chi connectivity index (χ0) is 15.0. The van der Waals surface area contributed by atoms with E-state index >= 15 is 0 Å². The van der Waals surface area contributed by atoms with Gasteiger partial charge < -0.3 is 10.3 Å². The van der Waals surface area contributed by atoms with Gasteiger partial charge in [0.25, 0.3) is 11.5 Å². The third-order valence-corrected chi connectivity index (χ3v) is 3.80. The maximum atomic E-state index is 13.1. The number of rotatable bonds is 2. The summed E-state index contributed by atoms with van der Waals surface area (Å²) in [6.07, 6.45) is 2.67. The second kappa shape index (κ2) is 5.33. The average molecular weight is 307 g/mol. The molecule has 1 amide bonds. The molecule has 1 heterocycles. The van der Waals surface area contributed by atoms with Crippen molar-refractivity contribution < 1.29 is 9.18 Å². The maximum Gasteiger partial charge on any atom is 0.261 e. The Morgan fingerprint density at radius 1 is 1.29 bits per heavy atom. The normalized spacial score (nSPS) is 13.0. The molecule has 0 saturated carbocycles. The lowest BCUT2D eigenvalue weighted by Gasteiger charge is -2.07. The van der Waals surface area contributed by atoms with Crippen molar-refractivity contribution in [2.45, 2.75) is 19.3 Å². The zero-order valence-electron chi connectivity index (χ0n) is 11.0. The highest BCUT2D eigenvalue weighted by molar-refractivity contribution is 6.31. The van der Waals surface area contributed by atoms with Crippen LogP contribution < -0.4 is 10.9 Å². The molecular formula is C15H12ClFN2O2. The molecule has 0 aliphatic heterocycles. The van der Waals surface area contributed by atoms with E-state index in [0.717, 1.165) is 36.6 Å². The van der Waals surface area contributed by atoms with Crippen molar-refractivity contribution in [3.63, 3.8) is 0 Å². The Kier molecular flexibility index (Phi) is 3.51. The van der Waals surface area contributed by atoms with Crippen LogP contribution in [0, 0.1) is 5.82 Å². The number of amides is 1. The summed E-state index contributed by atoms with van der Waals surface area (Å²) < 4.78 is 13.1. The summed E-state index contributed by atoms with van der Waals surface area (Å²) in [5.41, 5.74) is 1.88. The average Bonchev–Trinajstić information content (AvgIpc) is 2.89. The van der Waals surface area contributed by atoms with E-state index in [1.807, 2.05) is 0 Å². The van der Waals surface area contributed by atoms with Crippen molar-refractivity contribution in [2.24, 2.45) is 0 Å². The fourth-order valence-corrected chi connectivity index (χ4v) is 2.63. The monoisotopic (exact) mass is 306 g/mol. The minimum absolute atomic E-state index is 0.0519. The number of carbonyl (C=O) groups is 1. The summed E-state index contributed by atoms with van der Waals surface area (Å²) in [6.45, 7) is 0. The van der Waals surface area contributed by atoms with Gasteiger partial charge in [-0.1, -0.05) is 11.6 Å². The van der Waals surface area contributed by atoms with Crippen LogP contribution in [-0.4, -0.2) is 10.9 Å². The van der Waals surface area contributed by atoms with E-state index < -0.39 is 17.3 Å². The zero-order valence-corrected chi connectivity index (χ0v) is 11.8. The Morgan fingerprint density at radius 2 is 2.10 bits per heavy atom. The number of nitrogens with one attached hydrogen (secondary N) is 2. The molecule has 0 bridgehead atoms. The van der Waals surface area contributed by atoms with E-state index in [4.69, 9.17) is 11.6 Å². The van der Waals surface area contributed by atoms with Crippen LogP contribution >= 0.6 is 11.6 Å². The first-order valence-corrected chi connectivity index (χ1v) is 6.94. The van der Waals surface area contributed by atoms with Gasteiger partial charge in [-0.05, 0) is 49.1 Å². The fraction of sp³-hybridized carbons (Fsp3) is 0.200. The number of benzene rings is 1. The lowest BCUT2D eigenvalue weighted by atomic mass is 10.1. The molecule has 0 spiro atoms. The summed E-state index contributed by atoms with van der Waals surface area (Å²) in [5.74, 6) is -1.10. The van der Waals surface area contributed by atoms with E-state index in [0.29, 0.717) is 5.69 Å². The number of aromatic nitrogens is 1. The van der Waals surface area contributed by atoms with E-state index in [9.17, 15) is 14.0 Å². The first-order chi connectivity index (χ1) is 10.0. The van der Waals surface area contributed by atoms with Crippen molar-refractivity contribution in [3.8, 4) is 0 Å². The number of fused-ring (bicyclic) bond motifs is 1. The Labute approximate surface area is 125 Å². The van der Waals surface area contributed by atoms with Crippen molar-refractivity contribution in [2.75, 3.05) is 5.32 Å². The highest BCUT2D eigenvalue weighted by Gasteiger charge is 2.18. The first kappa shape index (κ1) is 13.8. The Hall–Kier alpha value is -2.14. The number of carbonyl (C=O) groups excluding carboxylic acids is 1. The molecule has 108 valence electrons. The number of H-pyrrole nitrogens is 1. The van der Waals surface area contributed by atoms with Crippen LogP contribution in [0.15, 0.2) is 29.1 Å². The minimum Gasteiger partial charge on any atom is -0.325 e. The van der Waals surface area contributed by atoms with Gasteiger partial charge in [0.05, 0.1) is 5.02 Å². The number of pyridine rings is 1. The van der Waals surface area contributed by atoms with Gasteiger partial charge >= 0.3 is 0 Å². The number of aryl methyl sites for hydroxylation is 2. The SMILES string of the molecule is O=C(Nc1ccc(F)c(Cl)c1)c1cc2c([nH]c1=O)CCC2. The summed E-state index contributed by atoms with van der Waals surface area (Å²) in [4.78, 5) is 26.8. The third-order valence-electron chi connectivity index (χ3n) is 3.51. The number of aromatic amines is 1. The van der Waals surface area contributed by atoms with Gasteiger partial charge in [-0.2, -0.15) is 0 Å². The van der Waals surface area contributed by atoms with Crippen LogP contribution in [0.4, 0.5) is 10.1 Å². The third kappa shape index (κ3) is 2.69. The largest absolute Gasteiger partial charge is 0.325 e. The Bertz CT molecular complexity index is 786. The fourth-order valence-electron chi connectivity index (χ4n) is 2.45. The van der Waals surface area contributed by atoms with Gasteiger partial charge in [-0.15, -0.1) is 0 Å². The quantitative estimate of drug-likeness (QED) is 0.896. The number of halogens is 2. The standard InChI is InChI=1S/C15H12ClFN2O2/c16-11-7-9(4-5-12(11)17)18-14(20)10-6-8-2-1-3-13(8)19-15(10)21/h4-7H,1-3H2,(H,18,20)(H,19,21). The molecule has 0 radical (unpaired) electrons. The van der Waals surface area contributed by atoms with Gasteiger partial charge in [-0.25, -0.2) is 4.39 Å². The van der Waals surface area contributed by atoms with Crippen molar-refractivity contribution >= 4 is 23.2 Å². The van der Waals surface area contributed by atoms with Gasteiger partial charge in [0.2, 0.25) is 0 Å².